The van der Waals surface area contributed by atoms with Gasteiger partial charge in [0.15, 0.2) is 7.17 Å². The van der Waals surface area contributed by atoms with Crippen LogP contribution in [0.1, 0.15) is 20.8 Å². The first kappa shape index (κ1) is 7.80. The summed E-state index contributed by atoms with van der Waals surface area (Å²) >= 11 is 0. The second kappa shape index (κ2) is 2.38. The van der Waals surface area contributed by atoms with E-state index in [1.54, 1.807) is 0 Å². The summed E-state index contributed by atoms with van der Waals surface area (Å²) in [5.41, 5.74) is 0.201. The van der Waals surface area contributed by atoms with E-state index in [9.17, 15) is 4.79 Å². The van der Waals surface area contributed by atoms with Crippen LogP contribution in [0, 0.1) is 5.41 Å². The Morgan fingerprint density at radius 2 is 1.88 bits per heavy atom. The van der Waals surface area contributed by atoms with Gasteiger partial charge in [-0.3, -0.25) is 0 Å². The molecule has 0 fully saturated rings. The molecule has 1 nitrogen and oxygen atoms in total. The van der Waals surface area contributed by atoms with Crippen molar-refractivity contribution in [1.29, 1.82) is 0 Å². The summed E-state index contributed by atoms with van der Waals surface area (Å²) in [5.74, 6) is 0. The van der Waals surface area contributed by atoms with E-state index >= 15 is 0 Å². The van der Waals surface area contributed by atoms with E-state index in [0.717, 1.165) is 0 Å². The maximum Gasteiger partial charge on any atom is 0.166 e. The quantitative estimate of drug-likeness (QED) is 0.417. The summed E-state index contributed by atoms with van der Waals surface area (Å²) in [7, 11) is 2.55. The molecule has 0 aliphatic heterocycles. The summed E-state index contributed by atoms with van der Waals surface area (Å²) in [6.45, 7) is 5.83. The predicted molar refractivity (Wildman–Crippen MR) is 40.2 cm³/mol. The van der Waals surface area contributed by atoms with Crippen LogP contribution in [0.3, 0.4) is 0 Å². The molecule has 0 unspecified atom stereocenters. The molecule has 0 aromatic rings. The summed E-state index contributed by atoms with van der Waals surface area (Å²) in [6.07, 6.45) is 0. The van der Waals surface area contributed by atoms with Gasteiger partial charge in [0.2, 0.25) is 0 Å². The summed E-state index contributed by atoms with van der Waals surface area (Å²) in [4.78, 5) is 10.8. The molecule has 0 radical (unpaired) electrons. The Hall–Kier alpha value is -0.200. The fraction of sp³-hybridized carbons (Fsp3) is 0.800. The second-order valence-corrected chi connectivity index (χ2v) is 3.03. The molecule has 0 rings (SSSR count). The minimum absolute atomic E-state index is 0.130. The van der Waals surface area contributed by atoms with Gasteiger partial charge in [0.1, 0.15) is 0 Å². The SMILES string of the molecule is BBC(=O)C(C)(C)C. The first-order valence-corrected chi connectivity index (χ1v) is 3.01. The molecule has 0 heterocycles. The van der Waals surface area contributed by atoms with Crippen LogP contribution in [0.2, 0.25) is 0 Å². The lowest BCUT2D eigenvalue weighted by atomic mass is 9.48. The average molecular weight is 110 g/mol. The van der Waals surface area contributed by atoms with Crippen LogP contribution in [-0.2, 0) is 4.79 Å². The Morgan fingerprint density at radius 3 is 1.88 bits per heavy atom. The van der Waals surface area contributed by atoms with Crippen LogP contribution in [-0.4, -0.2) is 20.6 Å². The monoisotopic (exact) mass is 110 g/mol. The molecule has 0 amide bonds. The Kier molecular flexibility index (Phi) is 2.32. The van der Waals surface area contributed by atoms with Crippen molar-refractivity contribution in [2.45, 2.75) is 20.8 Å². The normalized spacial score (nSPS) is 10.9. The molecule has 0 aliphatic carbocycles. The van der Waals surface area contributed by atoms with Crippen molar-refractivity contribution in [1.82, 2.24) is 0 Å². The van der Waals surface area contributed by atoms with E-state index in [0.29, 0.717) is 12.9 Å². The topological polar surface area (TPSA) is 17.1 Å². The van der Waals surface area contributed by atoms with Gasteiger partial charge in [0.05, 0.1) is 13.4 Å². The first-order valence-electron chi connectivity index (χ1n) is 3.01. The molecular formula is C5H12B2O. The van der Waals surface area contributed by atoms with E-state index in [1.165, 1.54) is 0 Å². The molecule has 0 aromatic carbocycles. The third kappa shape index (κ3) is 2.20. The lowest BCUT2D eigenvalue weighted by Crippen LogP contribution is -2.25. The Morgan fingerprint density at radius 1 is 1.50 bits per heavy atom. The summed E-state index contributed by atoms with van der Waals surface area (Å²) in [6, 6.07) is 0. The fourth-order valence-corrected chi connectivity index (χ4v) is 0.530. The Bertz CT molecular complexity index is 93.1. The zero-order valence-corrected chi connectivity index (χ0v) is 6.12. The van der Waals surface area contributed by atoms with Gasteiger partial charge in [-0.05, 0) is 0 Å². The number of carbonyl (C=O) groups excluding carboxylic acids is 1. The number of rotatable bonds is 1. The smallest absolute Gasteiger partial charge is 0.166 e. The van der Waals surface area contributed by atoms with E-state index in [4.69, 9.17) is 0 Å². The highest BCUT2D eigenvalue weighted by molar-refractivity contribution is 7.08. The molecule has 0 atom stereocenters. The van der Waals surface area contributed by atoms with Crippen LogP contribution in [0.15, 0.2) is 0 Å². The van der Waals surface area contributed by atoms with Gasteiger partial charge in [-0.15, -0.1) is 0 Å². The minimum atomic E-state index is -0.130. The van der Waals surface area contributed by atoms with Crippen molar-refractivity contribution in [3.05, 3.63) is 0 Å². The molecule has 0 spiro atoms. The third-order valence-corrected chi connectivity index (χ3v) is 1.16. The number of hydrogen-bond donors (Lipinski definition) is 0. The van der Waals surface area contributed by atoms with Crippen molar-refractivity contribution in [2.24, 2.45) is 5.41 Å². The largest absolute Gasteiger partial charge is 0.312 e. The minimum Gasteiger partial charge on any atom is -0.312 e. The van der Waals surface area contributed by atoms with Gasteiger partial charge in [0.25, 0.3) is 0 Å². The van der Waals surface area contributed by atoms with Gasteiger partial charge in [-0.25, -0.2) is 0 Å². The number of carbonyl (C=O) groups is 1. The molecule has 0 aliphatic rings. The van der Waals surface area contributed by atoms with E-state index in [-0.39, 0.29) is 5.41 Å². The lowest BCUT2D eigenvalue weighted by Gasteiger charge is -2.14. The molecule has 0 saturated carbocycles. The van der Waals surface area contributed by atoms with Crippen molar-refractivity contribution in [3.63, 3.8) is 0 Å². The van der Waals surface area contributed by atoms with Crippen molar-refractivity contribution in [3.8, 4) is 0 Å². The van der Waals surface area contributed by atoms with E-state index < -0.39 is 0 Å². The maximum atomic E-state index is 10.8. The van der Waals surface area contributed by atoms with Gasteiger partial charge in [0, 0.05) is 5.41 Å². The zero-order chi connectivity index (χ0) is 6.78. The Balaban J connectivity index is 3.82. The second-order valence-electron chi connectivity index (χ2n) is 3.03. The van der Waals surface area contributed by atoms with E-state index in [1.807, 2.05) is 28.5 Å². The molecule has 0 bridgehead atoms. The van der Waals surface area contributed by atoms with Crippen molar-refractivity contribution in [2.75, 3.05) is 0 Å². The van der Waals surface area contributed by atoms with Crippen LogP contribution in [0.5, 0.6) is 0 Å². The van der Waals surface area contributed by atoms with Crippen LogP contribution >= 0.6 is 0 Å². The van der Waals surface area contributed by atoms with E-state index in [2.05, 4.69) is 0 Å². The van der Waals surface area contributed by atoms with Gasteiger partial charge in [-0.2, -0.15) is 0 Å². The highest BCUT2D eigenvalue weighted by Crippen LogP contribution is 2.12. The van der Waals surface area contributed by atoms with Crippen LogP contribution < -0.4 is 0 Å². The van der Waals surface area contributed by atoms with Gasteiger partial charge in [-0.1, -0.05) is 20.8 Å². The Labute approximate surface area is 52.5 Å². The zero-order valence-electron chi connectivity index (χ0n) is 6.12. The summed E-state index contributed by atoms with van der Waals surface area (Å²) in [5, 5.41) is 0. The molecule has 0 saturated heterocycles. The fourth-order valence-electron chi connectivity index (χ4n) is 0.530. The highest BCUT2D eigenvalue weighted by atomic mass is 16.1. The van der Waals surface area contributed by atoms with Crippen molar-refractivity contribution >= 4 is 20.6 Å². The lowest BCUT2D eigenvalue weighted by molar-refractivity contribution is -0.118. The standard InChI is InChI=1S/C5H12B2O/c1-5(2,3)4(8)7-6/h7H,6H2,1-3H3. The number of hydrogen-bond acceptors (Lipinski definition) is 1. The molecule has 3 heteroatoms. The average Bonchev–Trinajstić information content (AvgIpc) is 1.62. The van der Waals surface area contributed by atoms with Gasteiger partial charge >= 0.3 is 0 Å². The van der Waals surface area contributed by atoms with Crippen LogP contribution in [0.4, 0.5) is 0 Å². The maximum absolute atomic E-state index is 10.8. The molecular weight excluding hydrogens is 97.7 g/mol. The molecule has 0 N–H and O–H groups in total. The molecule has 44 valence electrons. The predicted octanol–water partition coefficient (Wildman–Crippen LogP) is -0.456. The van der Waals surface area contributed by atoms with Gasteiger partial charge < -0.3 is 4.79 Å². The van der Waals surface area contributed by atoms with Crippen molar-refractivity contribution < 1.29 is 4.79 Å². The summed E-state index contributed by atoms with van der Waals surface area (Å²) < 4.78 is 0. The first-order chi connectivity index (χ1) is 3.48. The third-order valence-electron chi connectivity index (χ3n) is 1.16. The molecule has 0 aromatic heterocycles. The van der Waals surface area contributed by atoms with Crippen LogP contribution in [0.25, 0.3) is 0 Å². The highest BCUT2D eigenvalue weighted by Gasteiger charge is 2.17. The molecule has 8 heavy (non-hydrogen) atoms.